The number of anilines is 1. The van der Waals surface area contributed by atoms with Gasteiger partial charge in [0.25, 0.3) is 0 Å². The molecule has 1 aromatic heterocycles. The van der Waals surface area contributed by atoms with Crippen LogP contribution < -0.4 is 14.4 Å². The summed E-state index contributed by atoms with van der Waals surface area (Å²) in [5.41, 5.74) is 3.70. The molecule has 7 heteroatoms. The van der Waals surface area contributed by atoms with E-state index in [2.05, 4.69) is 19.9 Å². The number of rotatable bonds is 4. The zero-order chi connectivity index (χ0) is 25.6. The summed E-state index contributed by atoms with van der Waals surface area (Å²) in [5, 5.41) is 10.9. The number of ketones is 1. The van der Waals surface area contributed by atoms with Gasteiger partial charge in [0, 0.05) is 46.5 Å². The van der Waals surface area contributed by atoms with Crippen molar-refractivity contribution in [2.45, 2.75) is 71.1 Å². The molecule has 2 aliphatic carbocycles. The highest BCUT2D eigenvalue weighted by molar-refractivity contribution is 7.16. The van der Waals surface area contributed by atoms with Gasteiger partial charge in [0.15, 0.2) is 5.78 Å². The number of allylic oxidation sites excluding steroid dienone is 2. The van der Waals surface area contributed by atoms with E-state index < -0.39 is 5.92 Å². The largest absolute Gasteiger partial charge is 0.497 e. The molecule has 0 unspecified atom stereocenters. The number of fused-ring (bicyclic) bond motifs is 1. The van der Waals surface area contributed by atoms with Crippen molar-refractivity contribution in [3.8, 4) is 17.6 Å². The van der Waals surface area contributed by atoms with Gasteiger partial charge >= 0.3 is 0 Å². The first-order valence-corrected chi connectivity index (χ1v) is 13.5. The number of Topliss-reactive ketones (excluding diaryl/α,β-unsaturated/α-hetero) is 1. The number of benzene rings is 1. The van der Waals surface area contributed by atoms with E-state index >= 15 is 0 Å². The van der Waals surface area contributed by atoms with Crippen molar-refractivity contribution in [1.82, 2.24) is 0 Å². The highest BCUT2D eigenvalue weighted by atomic mass is 32.1. The Morgan fingerprint density at radius 3 is 2.58 bits per heavy atom. The van der Waals surface area contributed by atoms with E-state index in [4.69, 9.17) is 9.47 Å². The number of thiophene rings is 1. The Morgan fingerprint density at radius 2 is 1.86 bits per heavy atom. The number of carbonyl (C=O) groups excluding carboxylic acids is 2. The van der Waals surface area contributed by atoms with Gasteiger partial charge in [-0.1, -0.05) is 26.3 Å². The first-order valence-electron chi connectivity index (χ1n) is 12.6. The summed E-state index contributed by atoms with van der Waals surface area (Å²) >= 11 is 1.57. The molecular weight excluding hydrogens is 472 g/mol. The summed E-state index contributed by atoms with van der Waals surface area (Å²) in [7, 11) is 3.19. The van der Waals surface area contributed by atoms with Crippen LogP contribution >= 0.6 is 11.3 Å². The van der Waals surface area contributed by atoms with Crippen molar-refractivity contribution in [3.63, 3.8) is 0 Å². The third kappa shape index (κ3) is 4.12. The smallest absolute Gasteiger partial charge is 0.232 e. The predicted octanol–water partition coefficient (Wildman–Crippen LogP) is 6.07. The SMILES string of the molecule is COc1ccc([C@@H]2CC(=O)N(c3sc4c(c3C#N)CCCCC4)C3=C2C(=O)CC(C)(C)C3)c(OC)c1. The molecule has 0 spiro atoms. The maximum Gasteiger partial charge on any atom is 0.232 e. The number of nitriles is 1. The van der Waals surface area contributed by atoms with Crippen molar-refractivity contribution in [3.05, 3.63) is 51.0 Å². The van der Waals surface area contributed by atoms with Crippen LogP contribution in [0.25, 0.3) is 0 Å². The minimum Gasteiger partial charge on any atom is -0.497 e. The topological polar surface area (TPSA) is 79.6 Å². The number of ether oxygens (including phenoxy) is 2. The molecule has 1 atom stereocenters. The van der Waals surface area contributed by atoms with Crippen LogP contribution in [-0.2, 0) is 22.4 Å². The lowest BCUT2D eigenvalue weighted by molar-refractivity contribution is -0.120. The molecule has 2 aromatic rings. The lowest BCUT2D eigenvalue weighted by atomic mass is 9.69. The molecule has 0 N–H and O–H groups in total. The molecule has 1 amide bonds. The molecule has 3 aliphatic rings. The van der Waals surface area contributed by atoms with Gasteiger partial charge in [-0.05, 0) is 49.1 Å². The molecule has 0 radical (unpaired) electrons. The van der Waals surface area contributed by atoms with Crippen LogP contribution in [0.15, 0.2) is 29.5 Å². The maximum atomic E-state index is 13.9. The summed E-state index contributed by atoms with van der Waals surface area (Å²) in [6, 6.07) is 7.97. The molecule has 188 valence electrons. The summed E-state index contributed by atoms with van der Waals surface area (Å²) in [6.07, 6.45) is 6.32. The average Bonchev–Trinajstić information content (AvgIpc) is 3.01. The molecule has 0 bridgehead atoms. The Morgan fingerprint density at radius 1 is 1.08 bits per heavy atom. The van der Waals surface area contributed by atoms with Crippen LogP contribution in [0.2, 0.25) is 0 Å². The molecule has 0 saturated heterocycles. The van der Waals surface area contributed by atoms with Crippen LogP contribution in [0.4, 0.5) is 5.00 Å². The second-order valence-electron chi connectivity index (χ2n) is 10.8. The van der Waals surface area contributed by atoms with Crippen LogP contribution in [0.1, 0.15) is 79.9 Å². The highest BCUT2D eigenvalue weighted by Gasteiger charge is 2.46. The number of aryl methyl sites for hydroxylation is 1. The molecule has 0 fully saturated rings. The first-order chi connectivity index (χ1) is 17.3. The van der Waals surface area contributed by atoms with Crippen molar-refractivity contribution in [2.24, 2.45) is 5.41 Å². The average molecular weight is 505 g/mol. The Kier molecular flexibility index (Phi) is 6.42. The highest BCUT2D eigenvalue weighted by Crippen LogP contribution is 2.52. The molecule has 36 heavy (non-hydrogen) atoms. The molecule has 1 aliphatic heterocycles. The Hall–Kier alpha value is -3.11. The van der Waals surface area contributed by atoms with E-state index in [0.717, 1.165) is 48.9 Å². The van der Waals surface area contributed by atoms with E-state index in [9.17, 15) is 14.9 Å². The van der Waals surface area contributed by atoms with Crippen molar-refractivity contribution in [1.29, 1.82) is 5.26 Å². The fraction of sp³-hybridized carbons (Fsp3) is 0.483. The second-order valence-corrected chi connectivity index (χ2v) is 11.8. The van der Waals surface area contributed by atoms with E-state index in [0.29, 0.717) is 40.5 Å². The zero-order valence-electron chi connectivity index (χ0n) is 21.4. The molecule has 2 heterocycles. The third-order valence-electron chi connectivity index (χ3n) is 7.68. The van der Waals surface area contributed by atoms with Crippen LogP contribution in [0.3, 0.4) is 0 Å². The fourth-order valence-corrected chi connectivity index (χ4v) is 7.41. The normalized spacial score (nSPS) is 21.4. The van der Waals surface area contributed by atoms with E-state index in [1.807, 2.05) is 12.1 Å². The van der Waals surface area contributed by atoms with Gasteiger partial charge in [0.1, 0.15) is 22.6 Å². The van der Waals surface area contributed by atoms with E-state index in [1.54, 1.807) is 36.5 Å². The Balaban J connectivity index is 1.70. The van der Waals surface area contributed by atoms with E-state index in [-0.39, 0.29) is 23.5 Å². The third-order valence-corrected chi connectivity index (χ3v) is 8.95. The molecule has 5 rings (SSSR count). The first kappa shape index (κ1) is 24.6. The van der Waals surface area contributed by atoms with Crippen molar-refractivity contribution < 1.29 is 19.1 Å². The lowest BCUT2D eigenvalue weighted by Gasteiger charge is -2.42. The van der Waals surface area contributed by atoms with Gasteiger partial charge in [-0.15, -0.1) is 11.3 Å². The van der Waals surface area contributed by atoms with Gasteiger partial charge in [-0.25, -0.2) is 0 Å². The molecule has 1 aromatic carbocycles. The number of carbonyl (C=O) groups is 2. The fourth-order valence-electron chi connectivity index (χ4n) is 6.02. The number of methoxy groups -OCH3 is 2. The van der Waals surface area contributed by atoms with E-state index in [1.165, 1.54) is 4.88 Å². The monoisotopic (exact) mass is 504 g/mol. The lowest BCUT2D eigenvalue weighted by Crippen LogP contribution is -2.43. The Labute approximate surface area is 216 Å². The Bertz CT molecular complexity index is 1310. The standard InChI is InChI=1S/C29H32N2O4S/c1-29(2)14-22-27(23(32)15-29)20(18-11-10-17(34-3)12-24(18)35-4)13-26(33)31(22)28-21(16-30)19-8-6-5-7-9-25(19)36-28/h10-12,20H,5-9,13-15H2,1-4H3/t20-/m0/s1. The number of hydrogen-bond donors (Lipinski definition) is 0. The minimum atomic E-state index is -0.392. The van der Waals surface area contributed by atoms with Gasteiger partial charge in [-0.3, -0.25) is 14.5 Å². The molecule has 6 nitrogen and oxygen atoms in total. The van der Waals surface area contributed by atoms with Crippen LogP contribution in [0, 0.1) is 16.7 Å². The van der Waals surface area contributed by atoms with Crippen molar-refractivity contribution in [2.75, 3.05) is 19.1 Å². The minimum absolute atomic E-state index is 0.0678. The van der Waals surface area contributed by atoms with Crippen molar-refractivity contribution >= 4 is 28.0 Å². The summed E-state index contributed by atoms with van der Waals surface area (Å²) in [5.74, 6) is 0.860. The van der Waals surface area contributed by atoms with Crippen LogP contribution in [-0.4, -0.2) is 25.9 Å². The second kappa shape index (κ2) is 9.40. The van der Waals surface area contributed by atoms with Gasteiger partial charge in [0.2, 0.25) is 5.91 Å². The van der Waals surface area contributed by atoms with Gasteiger partial charge in [-0.2, -0.15) is 5.26 Å². The summed E-state index contributed by atoms with van der Waals surface area (Å²) in [4.78, 5) is 30.6. The quantitative estimate of drug-likeness (QED) is 0.472. The van der Waals surface area contributed by atoms with Crippen LogP contribution in [0.5, 0.6) is 11.5 Å². The number of amides is 1. The summed E-state index contributed by atoms with van der Waals surface area (Å²) < 4.78 is 11.0. The maximum absolute atomic E-state index is 13.9. The number of hydrogen-bond acceptors (Lipinski definition) is 6. The van der Waals surface area contributed by atoms with Gasteiger partial charge in [0.05, 0.1) is 19.8 Å². The van der Waals surface area contributed by atoms with Gasteiger partial charge < -0.3 is 9.47 Å². The summed E-state index contributed by atoms with van der Waals surface area (Å²) in [6.45, 7) is 4.15. The molecule has 0 saturated carbocycles. The number of nitrogens with zero attached hydrogens (tertiary/aromatic N) is 2. The zero-order valence-corrected chi connectivity index (χ0v) is 22.2. The predicted molar refractivity (Wildman–Crippen MR) is 140 cm³/mol. The molecular formula is C29H32N2O4S.